The van der Waals surface area contributed by atoms with Gasteiger partial charge in [0, 0.05) is 23.4 Å². The smallest absolute Gasteiger partial charge is 0.266 e. The summed E-state index contributed by atoms with van der Waals surface area (Å²) in [5, 5.41) is 5.98. The molecule has 0 spiro atoms. The Morgan fingerprint density at radius 1 is 1.17 bits per heavy atom. The zero-order chi connectivity index (χ0) is 21.1. The number of benzene rings is 2. The summed E-state index contributed by atoms with van der Waals surface area (Å²) in [7, 11) is 1.57. The van der Waals surface area contributed by atoms with Crippen molar-refractivity contribution >= 4 is 29.0 Å². The molecule has 0 unspecified atom stereocenters. The molecule has 0 atom stereocenters. The number of thioether (sulfide) groups is 1. The number of methoxy groups -OCH3 is 1. The van der Waals surface area contributed by atoms with Crippen LogP contribution in [0.15, 0.2) is 64.5 Å². The SMILES string of the molecule is COc1cccc(NC(=O)CSc2nc(-c3ccccc3C)nc3cc(=O)[nH]n23)c1. The molecule has 0 fully saturated rings. The van der Waals surface area contributed by atoms with E-state index in [0.29, 0.717) is 28.1 Å². The second kappa shape index (κ2) is 8.42. The van der Waals surface area contributed by atoms with Crippen molar-refractivity contribution < 1.29 is 9.53 Å². The van der Waals surface area contributed by atoms with Crippen molar-refractivity contribution in [3.8, 4) is 17.1 Å². The van der Waals surface area contributed by atoms with Crippen LogP contribution in [0.1, 0.15) is 5.56 Å². The van der Waals surface area contributed by atoms with Crippen LogP contribution in [0.25, 0.3) is 17.0 Å². The van der Waals surface area contributed by atoms with Crippen LogP contribution in [0, 0.1) is 6.92 Å². The van der Waals surface area contributed by atoms with Gasteiger partial charge in [0.2, 0.25) is 5.91 Å². The lowest BCUT2D eigenvalue weighted by Gasteiger charge is -2.09. The molecule has 0 aliphatic heterocycles. The van der Waals surface area contributed by atoms with E-state index in [1.54, 1.807) is 31.4 Å². The van der Waals surface area contributed by atoms with Crippen molar-refractivity contribution in [1.29, 1.82) is 0 Å². The Hall–Kier alpha value is -3.59. The number of H-pyrrole nitrogens is 1. The van der Waals surface area contributed by atoms with Crippen LogP contribution in [0.5, 0.6) is 5.75 Å². The van der Waals surface area contributed by atoms with Crippen LogP contribution in [0.3, 0.4) is 0 Å². The van der Waals surface area contributed by atoms with Gasteiger partial charge in [0.1, 0.15) is 5.75 Å². The third kappa shape index (κ3) is 4.20. The van der Waals surface area contributed by atoms with Gasteiger partial charge < -0.3 is 10.1 Å². The molecule has 30 heavy (non-hydrogen) atoms. The van der Waals surface area contributed by atoms with Gasteiger partial charge in [-0.15, -0.1) is 0 Å². The van der Waals surface area contributed by atoms with Gasteiger partial charge >= 0.3 is 0 Å². The number of nitrogens with one attached hydrogen (secondary N) is 2. The molecule has 4 rings (SSSR count). The first-order valence-electron chi connectivity index (χ1n) is 9.16. The molecule has 1 amide bonds. The molecule has 9 heteroatoms. The molecule has 0 saturated heterocycles. The molecule has 0 radical (unpaired) electrons. The molecular formula is C21H19N5O3S. The van der Waals surface area contributed by atoms with Crippen LogP contribution in [-0.4, -0.2) is 38.4 Å². The van der Waals surface area contributed by atoms with Crippen LogP contribution in [-0.2, 0) is 4.79 Å². The van der Waals surface area contributed by atoms with E-state index in [4.69, 9.17) is 4.74 Å². The van der Waals surface area contributed by atoms with Crippen molar-refractivity contribution in [3.63, 3.8) is 0 Å². The second-order valence-electron chi connectivity index (χ2n) is 6.53. The number of aryl methyl sites for hydroxylation is 1. The van der Waals surface area contributed by atoms with Gasteiger partial charge in [-0.25, -0.2) is 14.5 Å². The van der Waals surface area contributed by atoms with E-state index in [1.807, 2.05) is 31.2 Å². The van der Waals surface area contributed by atoms with Gasteiger partial charge in [0.15, 0.2) is 16.6 Å². The van der Waals surface area contributed by atoms with Gasteiger partial charge in [-0.1, -0.05) is 42.1 Å². The summed E-state index contributed by atoms with van der Waals surface area (Å²) >= 11 is 1.21. The summed E-state index contributed by atoms with van der Waals surface area (Å²) in [6, 6.07) is 16.3. The Bertz CT molecular complexity index is 1280. The largest absolute Gasteiger partial charge is 0.497 e. The maximum absolute atomic E-state index is 12.4. The molecule has 2 N–H and O–H groups in total. The average molecular weight is 421 g/mol. The first-order chi connectivity index (χ1) is 14.5. The normalized spacial score (nSPS) is 10.9. The highest BCUT2D eigenvalue weighted by atomic mass is 32.2. The second-order valence-corrected chi connectivity index (χ2v) is 7.47. The number of aromatic nitrogens is 4. The number of amides is 1. The fourth-order valence-electron chi connectivity index (χ4n) is 2.95. The zero-order valence-corrected chi connectivity index (χ0v) is 17.2. The molecule has 0 saturated carbocycles. The Morgan fingerprint density at radius 2 is 2.00 bits per heavy atom. The molecule has 0 bridgehead atoms. The van der Waals surface area contributed by atoms with Gasteiger partial charge in [-0.3, -0.25) is 14.7 Å². The van der Waals surface area contributed by atoms with E-state index in [9.17, 15) is 9.59 Å². The molecular weight excluding hydrogens is 402 g/mol. The van der Waals surface area contributed by atoms with E-state index in [-0.39, 0.29) is 17.2 Å². The quantitative estimate of drug-likeness (QED) is 0.464. The Morgan fingerprint density at radius 3 is 2.80 bits per heavy atom. The summed E-state index contributed by atoms with van der Waals surface area (Å²) in [6.07, 6.45) is 0. The molecule has 2 aromatic carbocycles. The number of hydrogen-bond acceptors (Lipinski definition) is 6. The summed E-state index contributed by atoms with van der Waals surface area (Å²) < 4.78 is 6.66. The van der Waals surface area contributed by atoms with Crippen molar-refractivity contribution in [2.75, 3.05) is 18.2 Å². The number of anilines is 1. The number of hydrogen-bond donors (Lipinski definition) is 2. The Balaban J connectivity index is 1.59. The third-order valence-electron chi connectivity index (χ3n) is 4.40. The number of ether oxygens (including phenoxy) is 1. The minimum Gasteiger partial charge on any atom is -0.497 e. The lowest BCUT2D eigenvalue weighted by Crippen LogP contribution is -2.15. The highest BCUT2D eigenvalue weighted by Crippen LogP contribution is 2.24. The topological polar surface area (TPSA) is 101 Å². The predicted molar refractivity (Wildman–Crippen MR) is 116 cm³/mol. The van der Waals surface area contributed by atoms with Crippen LogP contribution < -0.4 is 15.6 Å². The van der Waals surface area contributed by atoms with Crippen LogP contribution >= 0.6 is 11.8 Å². The molecule has 152 valence electrons. The van der Waals surface area contributed by atoms with Gasteiger partial charge in [-0.2, -0.15) is 0 Å². The number of nitrogens with zero attached hydrogens (tertiary/aromatic N) is 3. The first kappa shape index (κ1) is 19.7. The van der Waals surface area contributed by atoms with E-state index in [0.717, 1.165) is 11.1 Å². The lowest BCUT2D eigenvalue weighted by molar-refractivity contribution is -0.113. The van der Waals surface area contributed by atoms with Crippen LogP contribution in [0.2, 0.25) is 0 Å². The van der Waals surface area contributed by atoms with Crippen molar-refractivity contribution in [3.05, 3.63) is 70.5 Å². The minimum absolute atomic E-state index is 0.108. The third-order valence-corrected chi connectivity index (χ3v) is 5.33. The average Bonchev–Trinajstić information content (AvgIpc) is 3.12. The van der Waals surface area contributed by atoms with Crippen molar-refractivity contribution in [2.24, 2.45) is 0 Å². The fourth-order valence-corrected chi connectivity index (χ4v) is 3.70. The van der Waals surface area contributed by atoms with Crippen molar-refractivity contribution in [2.45, 2.75) is 12.1 Å². The number of aromatic amines is 1. The van der Waals surface area contributed by atoms with Gasteiger partial charge in [0.05, 0.1) is 12.9 Å². The van der Waals surface area contributed by atoms with Crippen molar-refractivity contribution in [1.82, 2.24) is 19.6 Å². The Labute approximate surface area is 176 Å². The first-order valence-corrected chi connectivity index (χ1v) is 10.1. The van der Waals surface area contributed by atoms with E-state index < -0.39 is 0 Å². The summed E-state index contributed by atoms with van der Waals surface area (Å²) in [6.45, 7) is 1.97. The lowest BCUT2D eigenvalue weighted by atomic mass is 10.1. The fraction of sp³-hybridized carbons (Fsp3) is 0.143. The van der Waals surface area contributed by atoms with Crippen LogP contribution in [0.4, 0.5) is 5.69 Å². The minimum atomic E-state index is -0.283. The molecule has 2 aromatic heterocycles. The molecule has 0 aliphatic rings. The number of rotatable bonds is 6. The van der Waals surface area contributed by atoms with E-state index in [1.165, 1.54) is 22.3 Å². The monoisotopic (exact) mass is 421 g/mol. The molecule has 8 nitrogen and oxygen atoms in total. The number of carbonyl (C=O) groups is 1. The molecule has 4 aromatic rings. The Kier molecular flexibility index (Phi) is 5.53. The summed E-state index contributed by atoms with van der Waals surface area (Å²) in [5.41, 5.74) is 2.70. The van der Waals surface area contributed by atoms with E-state index in [2.05, 4.69) is 20.4 Å². The zero-order valence-electron chi connectivity index (χ0n) is 16.4. The number of fused-ring (bicyclic) bond motifs is 1. The number of carbonyl (C=O) groups excluding carboxylic acids is 1. The predicted octanol–water partition coefficient (Wildman–Crippen LogP) is 3.13. The standard InChI is InChI=1S/C21H19N5O3S/c1-13-6-3-4-9-16(13)20-23-17-11-18(27)25-26(17)21(24-20)30-12-19(28)22-14-7-5-8-15(10-14)29-2/h3-11H,12H2,1-2H3,(H,22,28)(H,25,27). The summed E-state index contributed by atoms with van der Waals surface area (Å²) in [4.78, 5) is 33.4. The molecule has 2 heterocycles. The van der Waals surface area contributed by atoms with E-state index >= 15 is 0 Å². The van der Waals surface area contributed by atoms with Gasteiger partial charge in [-0.05, 0) is 24.6 Å². The summed E-state index contributed by atoms with van der Waals surface area (Å²) in [5.74, 6) is 1.07. The molecule has 0 aliphatic carbocycles. The highest BCUT2D eigenvalue weighted by molar-refractivity contribution is 7.99. The highest BCUT2D eigenvalue weighted by Gasteiger charge is 2.14. The maximum Gasteiger partial charge on any atom is 0.266 e. The van der Waals surface area contributed by atoms with Gasteiger partial charge in [0.25, 0.3) is 5.56 Å². The maximum atomic E-state index is 12.4.